The lowest BCUT2D eigenvalue weighted by molar-refractivity contribution is 0.180. The lowest BCUT2D eigenvalue weighted by Gasteiger charge is -2.33. The quantitative estimate of drug-likeness (QED) is 0.777. The Kier molecular flexibility index (Phi) is 4.35. The number of nitrogens with zero attached hydrogens (tertiary/aromatic N) is 2. The van der Waals surface area contributed by atoms with Crippen molar-refractivity contribution in [2.45, 2.75) is 6.54 Å². The van der Waals surface area contributed by atoms with Crippen LogP contribution in [0.25, 0.3) is 0 Å². The minimum absolute atomic E-state index is 0.118. The van der Waals surface area contributed by atoms with E-state index < -0.39 is 27.3 Å². The second kappa shape index (κ2) is 5.74. The van der Waals surface area contributed by atoms with E-state index in [9.17, 15) is 17.2 Å². The lowest BCUT2D eigenvalue weighted by atomic mass is 10.1. The highest BCUT2D eigenvalue weighted by Crippen LogP contribution is 2.26. The van der Waals surface area contributed by atoms with Crippen LogP contribution in [0, 0.1) is 11.6 Å². The minimum atomic E-state index is -3.21. The van der Waals surface area contributed by atoms with Crippen molar-refractivity contribution in [1.29, 1.82) is 0 Å². The molecule has 1 aromatic carbocycles. The number of sulfonamides is 1. The lowest BCUT2D eigenvalue weighted by Crippen LogP contribution is -2.47. The van der Waals surface area contributed by atoms with Gasteiger partial charge in [0.25, 0.3) is 0 Å². The highest BCUT2D eigenvalue weighted by atomic mass is 32.2. The average molecular weight is 320 g/mol. The second-order valence-electron chi connectivity index (χ2n) is 5.10. The molecule has 0 unspecified atom stereocenters. The summed E-state index contributed by atoms with van der Waals surface area (Å²) in [6.07, 6.45) is 1.15. The Balaban J connectivity index is 2.08. The molecule has 0 aliphatic carbocycles. The summed E-state index contributed by atoms with van der Waals surface area (Å²) in [7, 11) is -3.21. The first-order valence-corrected chi connectivity index (χ1v) is 8.24. The molecular weight excluding hydrogens is 302 g/mol. The standard InChI is InChI=1S/C12H18F2N4O2S/c1-21(19,20)18-4-2-17(3-5-18)7-8-6-9(13)11(15)12(16)10(8)14/h6H,2-5,7,15-16H2,1H3. The van der Waals surface area contributed by atoms with E-state index in [1.165, 1.54) is 4.31 Å². The van der Waals surface area contributed by atoms with Gasteiger partial charge in [0.2, 0.25) is 10.0 Å². The molecule has 1 aromatic rings. The third kappa shape index (κ3) is 3.42. The fourth-order valence-corrected chi connectivity index (χ4v) is 3.12. The molecular formula is C12H18F2N4O2S. The summed E-state index contributed by atoms with van der Waals surface area (Å²) in [6, 6.07) is 1.03. The molecule has 21 heavy (non-hydrogen) atoms. The van der Waals surface area contributed by atoms with E-state index in [2.05, 4.69) is 0 Å². The zero-order valence-corrected chi connectivity index (χ0v) is 12.5. The highest BCUT2D eigenvalue weighted by molar-refractivity contribution is 7.88. The predicted octanol–water partition coefficient (Wildman–Crippen LogP) is 0.206. The highest BCUT2D eigenvalue weighted by Gasteiger charge is 2.24. The Morgan fingerprint density at radius 2 is 1.71 bits per heavy atom. The summed E-state index contributed by atoms with van der Waals surface area (Å²) in [5.74, 6) is -1.47. The molecule has 0 saturated carbocycles. The van der Waals surface area contributed by atoms with Crippen molar-refractivity contribution in [1.82, 2.24) is 9.21 Å². The molecule has 1 fully saturated rings. The summed E-state index contributed by atoms with van der Waals surface area (Å²) < 4.78 is 51.6. The van der Waals surface area contributed by atoms with E-state index in [1.54, 1.807) is 0 Å². The van der Waals surface area contributed by atoms with Crippen LogP contribution in [0.1, 0.15) is 5.56 Å². The van der Waals surface area contributed by atoms with E-state index in [0.717, 1.165) is 12.3 Å². The first-order valence-electron chi connectivity index (χ1n) is 6.39. The SMILES string of the molecule is CS(=O)(=O)N1CCN(Cc2cc(F)c(N)c(N)c2F)CC1. The van der Waals surface area contributed by atoms with Gasteiger partial charge in [0.05, 0.1) is 17.6 Å². The van der Waals surface area contributed by atoms with Crippen LogP contribution in [0.2, 0.25) is 0 Å². The fraction of sp³-hybridized carbons (Fsp3) is 0.500. The number of halogens is 2. The Morgan fingerprint density at radius 1 is 1.14 bits per heavy atom. The Bertz CT molecular complexity index is 643. The maximum absolute atomic E-state index is 14.0. The van der Waals surface area contributed by atoms with E-state index in [1.807, 2.05) is 4.90 Å². The minimum Gasteiger partial charge on any atom is -0.395 e. The maximum atomic E-state index is 14.0. The molecule has 1 heterocycles. The molecule has 1 aliphatic rings. The number of hydrogen-bond donors (Lipinski definition) is 2. The van der Waals surface area contributed by atoms with Crippen LogP contribution in [-0.4, -0.2) is 50.1 Å². The van der Waals surface area contributed by atoms with Crippen LogP contribution in [0.5, 0.6) is 0 Å². The topological polar surface area (TPSA) is 92.7 Å². The normalized spacial score (nSPS) is 18.0. The molecule has 1 saturated heterocycles. The molecule has 0 radical (unpaired) electrons. The largest absolute Gasteiger partial charge is 0.395 e. The van der Waals surface area contributed by atoms with Gasteiger partial charge in [-0.15, -0.1) is 0 Å². The maximum Gasteiger partial charge on any atom is 0.211 e. The van der Waals surface area contributed by atoms with Gasteiger partial charge >= 0.3 is 0 Å². The molecule has 0 aromatic heterocycles. The first kappa shape index (κ1) is 15.9. The van der Waals surface area contributed by atoms with Gasteiger partial charge in [0.15, 0.2) is 5.82 Å². The van der Waals surface area contributed by atoms with Gasteiger partial charge in [0, 0.05) is 38.3 Å². The van der Waals surface area contributed by atoms with Gasteiger partial charge in [-0.1, -0.05) is 0 Å². The van der Waals surface area contributed by atoms with Crippen LogP contribution in [0.15, 0.2) is 6.07 Å². The summed E-state index contributed by atoms with van der Waals surface area (Å²) in [6.45, 7) is 1.70. The van der Waals surface area contributed by atoms with Crippen LogP contribution < -0.4 is 11.5 Å². The monoisotopic (exact) mass is 320 g/mol. The molecule has 0 atom stereocenters. The number of nitrogens with two attached hydrogens (primary N) is 2. The zero-order valence-electron chi connectivity index (χ0n) is 11.6. The van der Waals surface area contributed by atoms with Crippen molar-refractivity contribution in [3.8, 4) is 0 Å². The third-order valence-corrected chi connectivity index (χ3v) is 4.86. The van der Waals surface area contributed by atoms with Crippen molar-refractivity contribution < 1.29 is 17.2 Å². The summed E-state index contributed by atoms with van der Waals surface area (Å²) >= 11 is 0. The molecule has 0 amide bonds. The van der Waals surface area contributed by atoms with Crippen LogP contribution in [0.4, 0.5) is 20.2 Å². The summed E-state index contributed by atoms with van der Waals surface area (Å²) in [5, 5.41) is 0. The fourth-order valence-electron chi connectivity index (χ4n) is 2.29. The summed E-state index contributed by atoms with van der Waals surface area (Å²) in [4.78, 5) is 1.84. The van der Waals surface area contributed by atoms with Gasteiger partial charge in [-0.3, -0.25) is 4.90 Å². The average Bonchev–Trinajstić information content (AvgIpc) is 2.42. The molecule has 118 valence electrons. The number of benzene rings is 1. The zero-order chi connectivity index (χ0) is 15.8. The third-order valence-electron chi connectivity index (χ3n) is 3.56. The molecule has 0 spiro atoms. The number of nitrogen functional groups attached to an aromatic ring is 2. The molecule has 4 N–H and O–H groups in total. The molecule has 9 heteroatoms. The number of hydrogen-bond acceptors (Lipinski definition) is 5. The van der Waals surface area contributed by atoms with Crippen molar-refractivity contribution in [2.24, 2.45) is 0 Å². The molecule has 0 bridgehead atoms. The Hall–Kier alpha value is -1.45. The van der Waals surface area contributed by atoms with Crippen molar-refractivity contribution in [3.63, 3.8) is 0 Å². The molecule has 2 rings (SSSR count). The Labute approximate surface area is 122 Å². The van der Waals surface area contributed by atoms with E-state index in [4.69, 9.17) is 11.5 Å². The van der Waals surface area contributed by atoms with Crippen molar-refractivity contribution in [2.75, 3.05) is 43.9 Å². The van der Waals surface area contributed by atoms with E-state index in [-0.39, 0.29) is 17.8 Å². The van der Waals surface area contributed by atoms with Gasteiger partial charge in [-0.2, -0.15) is 4.31 Å². The van der Waals surface area contributed by atoms with Crippen molar-refractivity contribution in [3.05, 3.63) is 23.3 Å². The number of rotatable bonds is 3. The van der Waals surface area contributed by atoms with Gasteiger partial charge < -0.3 is 11.5 Å². The predicted molar refractivity (Wildman–Crippen MR) is 76.9 cm³/mol. The molecule has 1 aliphatic heterocycles. The van der Waals surface area contributed by atoms with Crippen LogP contribution in [0.3, 0.4) is 0 Å². The number of anilines is 2. The van der Waals surface area contributed by atoms with E-state index in [0.29, 0.717) is 26.2 Å². The molecule has 6 nitrogen and oxygen atoms in total. The first-order chi connectivity index (χ1) is 9.70. The van der Waals surface area contributed by atoms with Crippen molar-refractivity contribution >= 4 is 21.4 Å². The summed E-state index contributed by atoms with van der Waals surface area (Å²) in [5.41, 5.74) is 10.1. The van der Waals surface area contributed by atoms with Gasteiger partial charge in [-0.05, 0) is 6.07 Å². The van der Waals surface area contributed by atoms with E-state index >= 15 is 0 Å². The van der Waals surface area contributed by atoms with Gasteiger partial charge in [0.1, 0.15) is 5.82 Å². The Morgan fingerprint density at radius 3 is 2.24 bits per heavy atom. The number of piperazine rings is 1. The van der Waals surface area contributed by atoms with Crippen LogP contribution in [-0.2, 0) is 16.6 Å². The second-order valence-corrected chi connectivity index (χ2v) is 7.08. The van der Waals surface area contributed by atoms with Gasteiger partial charge in [-0.25, -0.2) is 17.2 Å². The smallest absolute Gasteiger partial charge is 0.211 e. The van der Waals surface area contributed by atoms with Crippen LogP contribution >= 0.6 is 0 Å².